The minimum Gasteiger partial charge on any atom is -0.481 e. The Bertz CT molecular complexity index is 1730. The number of amides is 1. The number of nitrogens with zero attached hydrogens (tertiary/aromatic N) is 2. The lowest BCUT2D eigenvalue weighted by atomic mass is 9.75. The van der Waals surface area contributed by atoms with Crippen LogP contribution in [0.4, 0.5) is 10.5 Å². The van der Waals surface area contributed by atoms with Gasteiger partial charge in [-0.1, -0.05) is 35.3 Å². The molecule has 0 saturated carbocycles. The Morgan fingerprint density at radius 2 is 1.82 bits per heavy atom. The summed E-state index contributed by atoms with van der Waals surface area (Å²) in [5.74, 6) is 4.99. The molecular weight excluding hydrogens is 534 g/mol. The molecular formula is C29H27N3O7S. The zero-order chi connectivity index (χ0) is 28.8. The summed E-state index contributed by atoms with van der Waals surface area (Å²) in [5, 5.41) is 16.4. The van der Waals surface area contributed by atoms with Crippen LogP contribution in [0.15, 0.2) is 75.4 Å². The van der Waals surface area contributed by atoms with Crippen LogP contribution in [-0.4, -0.2) is 54.4 Å². The van der Waals surface area contributed by atoms with Crippen LogP contribution in [0.25, 0.3) is 0 Å². The molecule has 0 radical (unpaired) electrons. The molecule has 1 unspecified atom stereocenters. The number of fused-ring (bicyclic) bond motifs is 1. The van der Waals surface area contributed by atoms with Crippen molar-refractivity contribution in [3.63, 3.8) is 0 Å². The third-order valence-electron chi connectivity index (χ3n) is 7.22. The van der Waals surface area contributed by atoms with Crippen molar-refractivity contribution in [1.82, 2.24) is 9.46 Å². The van der Waals surface area contributed by atoms with Gasteiger partial charge in [0, 0.05) is 18.7 Å². The topological polar surface area (TPSA) is 139 Å². The Balaban J connectivity index is 1.28. The number of carbonyl (C=O) groups excluding carboxylic acids is 1. The fraction of sp³-hybridized carbons (Fsp3) is 0.276. The maximum atomic E-state index is 12.6. The number of hydrogen-bond donors (Lipinski definition) is 2. The van der Waals surface area contributed by atoms with E-state index >= 15 is 0 Å². The highest BCUT2D eigenvalue weighted by molar-refractivity contribution is 7.88. The number of ether oxygens (including phenoxy) is 1. The van der Waals surface area contributed by atoms with Crippen molar-refractivity contribution in [2.75, 3.05) is 24.7 Å². The van der Waals surface area contributed by atoms with Gasteiger partial charge in [0.05, 0.1) is 6.26 Å². The molecule has 2 heterocycles. The van der Waals surface area contributed by atoms with Crippen LogP contribution in [0.1, 0.15) is 35.6 Å². The van der Waals surface area contributed by atoms with Crippen LogP contribution in [-0.2, 0) is 19.6 Å². The first kappa shape index (κ1) is 27.2. The number of aromatic nitrogens is 1. The van der Waals surface area contributed by atoms with Gasteiger partial charge in [-0.25, -0.2) is 13.2 Å². The van der Waals surface area contributed by atoms with Crippen molar-refractivity contribution in [2.24, 2.45) is 5.41 Å². The standard InChI is InChI=1S/C29H27N3O7S/c1-17-7-5-6-8-24(17)19(3)38-28(35)30-26-18(2)31-39-25(26)10-9-20-11-21-13-23(14-22(21)12-20)29(27(33)34)15-32(16-29)40(4,36)37/h5-8,11-14,19H,15-16H2,1-4H3,(H,30,35)(H,33,34). The van der Waals surface area contributed by atoms with E-state index in [0.29, 0.717) is 22.5 Å². The van der Waals surface area contributed by atoms with Crippen LogP contribution >= 0.6 is 0 Å². The molecule has 2 aromatic rings. The quantitative estimate of drug-likeness (QED) is 0.504. The highest BCUT2D eigenvalue weighted by Crippen LogP contribution is 2.45. The van der Waals surface area contributed by atoms with E-state index in [-0.39, 0.29) is 18.8 Å². The SMILES string of the molecule is Cc1ccccc1C(C)OC(=O)Nc1c(C)noc1C#CC1=CC2=CC(C3(C(=O)O)CN(S(C)(=O)=O)C3)=CC2=C1. The first-order valence-electron chi connectivity index (χ1n) is 12.4. The predicted molar refractivity (Wildman–Crippen MR) is 147 cm³/mol. The minimum absolute atomic E-state index is 0.104. The second kappa shape index (κ2) is 9.97. The summed E-state index contributed by atoms with van der Waals surface area (Å²) in [4.78, 5) is 24.7. The molecule has 5 rings (SSSR count). The van der Waals surface area contributed by atoms with E-state index in [1.165, 1.54) is 0 Å². The van der Waals surface area contributed by atoms with Crippen LogP contribution in [0.2, 0.25) is 0 Å². The molecule has 3 aliphatic rings. The van der Waals surface area contributed by atoms with E-state index in [1.54, 1.807) is 26.0 Å². The Morgan fingerprint density at radius 3 is 2.48 bits per heavy atom. The van der Waals surface area contributed by atoms with Gasteiger partial charge in [0.2, 0.25) is 15.8 Å². The summed E-state index contributed by atoms with van der Waals surface area (Å²) in [6.07, 6.45) is 7.06. The molecule has 1 amide bonds. The normalized spacial score (nSPS) is 18.2. The molecule has 40 heavy (non-hydrogen) atoms. The number of sulfonamides is 1. The highest BCUT2D eigenvalue weighted by Gasteiger charge is 2.55. The third kappa shape index (κ3) is 4.99. The number of anilines is 1. The molecule has 1 saturated heterocycles. The monoisotopic (exact) mass is 561 g/mol. The average Bonchev–Trinajstić information content (AvgIpc) is 3.50. The number of benzene rings is 1. The zero-order valence-corrected chi connectivity index (χ0v) is 23.1. The van der Waals surface area contributed by atoms with Crippen molar-refractivity contribution >= 4 is 27.8 Å². The van der Waals surface area contributed by atoms with Crippen molar-refractivity contribution in [2.45, 2.75) is 26.9 Å². The van der Waals surface area contributed by atoms with E-state index in [2.05, 4.69) is 22.3 Å². The highest BCUT2D eigenvalue weighted by atomic mass is 32.2. The van der Waals surface area contributed by atoms with Crippen molar-refractivity contribution in [3.05, 3.63) is 93.4 Å². The predicted octanol–water partition coefficient (Wildman–Crippen LogP) is 4.03. The van der Waals surface area contributed by atoms with E-state index in [4.69, 9.17) is 9.26 Å². The number of nitrogens with one attached hydrogen (secondary N) is 1. The van der Waals surface area contributed by atoms with Gasteiger partial charge in [-0.05, 0) is 78.8 Å². The first-order chi connectivity index (χ1) is 18.9. The van der Waals surface area contributed by atoms with Crippen LogP contribution < -0.4 is 5.32 Å². The van der Waals surface area contributed by atoms with Gasteiger partial charge in [0.15, 0.2) is 0 Å². The maximum absolute atomic E-state index is 12.6. The molecule has 1 aromatic heterocycles. The number of aryl methyl sites for hydroxylation is 2. The van der Waals surface area contributed by atoms with Gasteiger partial charge in [0.1, 0.15) is 22.9 Å². The van der Waals surface area contributed by atoms with Gasteiger partial charge in [0.25, 0.3) is 0 Å². The summed E-state index contributed by atoms with van der Waals surface area (Å²) in [5.41, 5.74) is 4.18. The number of carboxylic acid groups (broad SMARTS) is 1. The second-order valence-corrected chi connectivity index (χ2v) is 12.1. The van der Waals surface area contributed by atoms with Gasteiger partial charge in [-0.2, -0.15) is 4.31 Å². The summed E-state index contributed by atoms with van der Waals surface area (Å²) in [6, 6.07) is 7.65. The molecule has 1 aromatic carbocycles. The molecule has 2 aliphatic carbocycles. The minimum atomic E-state index is -3.46. The molecule has 1 aliphatic heterocycles. The number of carboxylic acids is 1. The number of allylic oxidation sites excluding steroid dienone is 7. The second-order valence-electron chi connectivity index (χ2n) is 10.1. The number of carbonyl (C=O) groups is 2. The number of rotatable bonds is 6. The van der Waals surface area contributed by atoms with E-state index in [9.17, 15) is 23.1 Å². The molecule has 1 atom stereocenters. The maximum Gasteiger partial charge on any atom is 0.412 e. The largest absolute Gasteiger partial charge is 0.481 e. The lowest BCUT2D eigenvalue weighted by molar-refractivity contribution is -0.152. The lowest BCUT2D eigenvalue weighted by Gasteiger charge is -2.46. The van der Waals surface area contributed by atoms with Gasteiger partial charge in [-0.15, -0.1) is 0 Å². The summed E-state index contributed by atoms with van der Waals surface area (Å²) in [7, 11) is -3.46. The van der Waals surface area contributed by atoms with E-state index < -0.39 is 33.6 Å². The molecule has 0 bridgehead atoms. The van der Waals surface area contributed by atoms with Gasteiger partial charge < -0.3 is 14.4 Å². The fourth-order valence-corrected chi connectivity index (χ4v) is 5.79. The summed E-state index contributed by atoms with van der Waals surface area (Å²) in [6.45, 7) is 5.21. The van der Waals surface area contributed by atoms with E-state index in [0.717, 1.165) is 32.8 Å². The Morgan fingerprint density at radius 1 is 1.12 bits per heavy atom. The molecule has 11 heteroatoms. The molecule has 206 valence electrons. The first-order valence-corrected chi connectivity index (χ1v) is 14.3. The lowest BCUT2D eigenvalue weighted by Crippen LogP contribution is -2.62. The van der Waals surface area contributed by atoms with Crippen LogP contribution in [0.3, 0.4) is 0 Å². The van der Waals surface area contributed by atoms with E-state index in [1.807, 2.05) is 43.3 Å². The van der Waals surface area contributed by atoms with Crippen molar-refractivity contribution in [3.8, 4) is 11.8 Å². The van der Waals surface area contributed by atoms with Crippen LogP contribution in [0.5, 0.6) is 0 Å². The van der Waals surface area contributed by atoms with Gasteiger partial charge >= 0.3 is 12.1 Å². The number of aliphatic carboxylic acids is 1. The Kier molecular flexibility index (Phi) is 6.77. The molecule has 0 spiro atoms. The number of hydrogen-bond acceptors (Lipinski definition) is 7. The summed E-state index contributed by atoms with van der Waals surface area (Å²) >= 11 is 0. The van der Waals surface area contributed by atoms with Crippen molar-refractivity contribution in [1.29, 1.82) is 0 Å². The zero-order valence-electron chi connectivity index (χ0n) is 22.3. The molecule has 2 N–H and O–H groups in total. The van der Waals surface area contributed by atoms with Crippen LogP contribution in [0, 0.1) is 31.1 Å². The summed E-state index contributed by atoms with van der Waals surface area (Å²) < 4.78 is 35.6. The average molecular weight is 562 g/mol. The fourth-order valence-electron chi connectivity index (χ4n) is 4.88. The molecule has 1 fully saturated rings. The van der Waals surface area contributed by atoms with Gasteiger partial charge in [-0.3, -0.25) is 10.1 Å². The Hall–Kier alpha value is -4.40. The third-order valence-corrected chi connectivity index (χ3v) is 8.42. The van der Waals surface area contributed by atoms with Crippen molar-refractivity contribution < 1.29 is 32.4 Å². The molecule has 10 nitrogen and oxygen atoms in total. The smallest absolute Gasteiger partial charge is 0.412 e. The Labute approximate surface area is 231 Å².